The third-order valence-electron chi connectivity index (χ3n) is 6.78. The molecular weight excluding hydrogens is 461 g/mol. The van der Waals surface area contributed by atoms with Gasteiger partial charge in [-0.1, -0.05) is 36.4 Å². The van der Waals surface area contributed by atoms with E-state index in [1.54, 1.807) is 28.4 Å². The summed E-state index contributed by atoms with van der Waals surface area (Å²) in [7, 11) is 0. The number of thiophene rings is 1. The lowest BCUT2D eigenvalue weighted by Crippen LogP contribution is -2.46. The number of carbonyl (C=O) groups is 2. The number of hydrogen-bond acceptors (Lipinski definition) is 3. The Morgan fingerprint density at radius 3 is 2.74 bits per heavy atom. The van der Waals surface area contributed by atoms with Crippen LogP contribution >= 0.6 is 11.3 Å². The number of aromatic amines is 1. The summed E-state index contributed by atoms with van der Waals surface area (Å²) in [6.07, 6.45) is 3.82. The topological polar surface area (TPSA) is 65.2 Å². The van der Waals surface area contributed by atoms with E-state index in [9.17, 15) is 14.0 Å². The minimum atomic E-state index is -0.315. The van der Waals surface area contributed by atoms with Crippen molar-refractivity contribution in [3.63, 3.8) is 0 Å². The molecule has 0 bridgehead atoms. The molecule has 2 N–H and O–H groups in total. The molecule has 0 radical (unpaired) electrons. The van der Waals surface area contributed by atoms with Gasteiger partial charge in [0.05, 0.1) is 12.3 Å². The Bertz CT molecular complexity index is 1300. The number of nitrogens with zero attached hydrogens (tertiary/aromatic N) is 1. The van der Waals surface area contributed by atoms with E-state index in [0.717, 1.165) is 29.3 Å². The maximum atomic E-state index is 13.2. The molecular formula is C28H28FN3O2S. The van der Waals surface area contributed by atoms with E-state index >= 15 is 0 Å². The molecule has 7 heteroatoms. The quantitative estimate of drug-likeness (QED) is 0.379. The van der Waals surface area contributed by atoms with Gasteiger partial charge in [-0.05, 0) is 53.6 Å². The van der Waals surface area contributed by atoms with Crippen LogP contribution in [-0.4, -0.2) is 41.3 Å². The molecule has 2 amide bonds. The van der Waals surface area contributed by atoms with Crippen LogP contribution in [0.1, 0.15) is 34.8 Å². The van der Waals surface area contributed by atoms with Crippen molar-refractivity contribution < 1.29 is 14.0 Å². The molecule has 3 heterocycles. The highest BCUT2D eigenvalue weighted by Crippen LogP contribution is 2.33. The van der Waals surface area contributed by atoms with Gasteiger partial charge in [0.15, 0.2) is 0 Å². The maximum absolute atomic E-state index is 13.2. The van der Waals surface area contributed by atoms with Crippen molar-refractivity contribution in [2.75, 3.05) is 19.6 Å². The van der Waals surface area contributed by atoms with Crippen LogP contribution in [0.15, 0.2) is 72.2 Å². The van der Waals surface area contributed by atoms with Crippen molar-refractivity contribution in [2.45, 2.75) is 25.2 Å². The molecule has 2 aromatic carbocycles. The molecule has 35 heavy (non-hydrogen) atoms. The lowest BCUT2D eigenvalue weighted by atomic mass is 9.94. The first-order valence-corrected chi connectivity index (χ1v) is 12.9. The number of amides is 2. The molecule has 2 atom stereocenters. The molecule has 1 fully saturated rings. The smallest absolute Gasteiger partial charge is 0.227 e. The van der Waals surface area contributed by atoms with Crippen LogP contribution in [0.2, 0.25) is 0 Å². The van der Waals surface area contributed by atoms with Gasteiger partial charge in [-0.3, -0.25) is 9.59 Å². The average Bonchev–Trinajstić information content (AvgIpc) is 3.57. The molecule has 0 aliphatic carbocycles. The number of halogens is 1. The van der Waals surface area contributed by atoms with Crippen molar-refractivity contribution in [3.8, 4) is 0 Å². The van der Waals surface area contributed by atoms with Gasteiger partial charge >= 0.3 is 0 Å². The van der Waals surface area contributed by atoms with E-state index in [4.69, 9.17) is 0 Å². The number of nitrogens with one attached hydrogen (secondary N) is 2. The number of H-pyrrole nitrogens is 1. The molecule has 5 rings (SSSR count). The Kier molecular flexibility index (Phi) is 6.95. The zero-order chi connectivity index (χ0) is 24.2. The van der Waals surface area contributed by atoms with E-state index in [2.05, 4.69) is 33.9 Å². The van der Waals surface area contributed by atoms with Crippen LogP contribution in [0, 0.1) is 11.7 Å². The number of hydrogen-bond donors (Lipinski definition) is 2. The molecule has 2 aromatic heterocycles. The second-order valence-corrected chi connectivity index (χ2v) is 10.1. The Morgan fingerprint density at radius 1 is 1.11 bits per heavy atom. The largest absolute Gasteiger partial charge is 0.361 e. The number of rotatable bonds is 7. The highest BCUT2D eigenvalue weighted by atomic mass is 32.1. The van der Waals surface area contributed by atoms with E-state index < -0.39 is 0 Å². The summed E-state index contributed by atoms with van der Waals surface area (Å²) in [5.74, 6) is -0.526. The third-order valence-corrected chi connectivity index (χ3v) is 7.76. The third kappa shape index (κ3) is 5.30. The van der Waals surface area contributed by atoms with Crippen molar-refractivity contribution >= 4 is 34.1 Å². The summed E-state index contributed by atoms with van der Waals surface area (Å²) >= 11 is 1.69. The first-order valence-electron chi connectivity index (χ1n) is 12.0. The van der Waals surface area contributed by atoms with Crippen LogP contribution in [-0.2, 0) is 16.0 Å². The minimum Gasteiger partial charge on any atom is -0.361 e. The lowest BCUT2D eigenvalue weighted by molar-refractivity contribution is -0.135. The van der Waals surface area contributed by atoms with Gasteiger partial charge in [0.1, 0.15) is 5.82 Å². The second-order valence-electron chi connectivity index (χ2n) is 9.08. The predicted octanol–water partition coefficient (Wildman–Crippen LogP) is 5.10. The van der Waals surface area contributed by atoms with Crippen LogP contribution in [0.5, 0.6) is 0 Å². The fourth-order valence-corrected chi connectivity index (χ4v) is 5.73. The molecule has 1 saturated heterocycles. The van der Waals surface area contributed by atoms with E-state index in [1.807, 2.05) is 24.4 Å². The van der Waals surface area contributed by atoms with Gasteiger partial charge in [0.2, 0.25) is 11.8 Å². The number of aromatic nitrogens is 1. The Balaban J connectivity index is 1.24. The van der Waals surface area contributed by atoms with Crippen LogP contribution in [0.25, 0.3) is 10.9 Å². The van der Waals surface area contributed by atoms with Crippen molar-refractivity contribution in [1.29, 1.82) is 0 Å². The fourth-order valence-electron chi connectivity index (χ4n) is 4.89. The van der Waals surface area contributed by atoms with Crippen molar-refractivity contribution in [1.82, 2.24) is 15.2 Å². The minimum absolute atomic E-state index is 0.00863. The molecule has 2 unspecified atom stereocenters. The predicted molar refractivity (Wildman–Crippen MR) is 137 cm³/mol. The monoisotopic (exact) mass is 489 g/mol. The number of likely N-dealkylation sites (tertiary alicyclic amines) is 1. The summed E-state index contributed by atoms with van der Waals surface area (Å²) in [6, 6.07) is 18.4. The Morgan fingerprint density at radius 2 is 1.94 bits per heavy atom. The number of piperidine rings is 1. The van der Waals surface area contributed by atoms with Gasteiger partial charge in [-0.25, -0.2) is 4.39 Å². The zero-order valence-corrected chi connectivity index (χ0v) is 20.2. The zero-order valence-electron chi connectivity index (χ0n) is 19.4. The van der Waals surface area contributed by atoms with Gasteiger partial charge in [0.25, 0.3) is 0 Å². The van der Waals surface area contributed by atoms with Gasteiger partial charge in [0, 0.05) is 47.5 Å². The van der Waals surface area contributed by atoms with E-state index in [1.165, 1.54) is 22.6 Å². The number of para-hydroxylation sites is 1. The van der Waals surface area contributed by atoms with Crippen LogP contribution in [0.4, 0.5) is 4.39 Å². The normalized spacial score (nSPS) is 16.8. The Labute approximate surface area is 208 Å². The molecule has 0 saturated carbocycles. The molecule has 5 nitrogen and oxygen atoms in total. The highest BCUT2D eigenvalue weighted by molar-refractivity contribution is 7.10. The first kappa shape index (κ1) is 23.3. The average molecular weight is 490 g/mol. The molecule has 0 spiro atoms. The number of fused-ring (bicyclic) bond motifs is 1. The lowest BCUT2D eigenvalue weighted by Gasteiger charge is -2.32. The van der Waals surface area contributed by atoms with Crippen LogP contribution in [0.3, 0.4) is 0 Å². The molecule has 1 aliphatic heterocycles. The molecule has 180 valence electrons. The summed E-state index contributed by atoms with van der Waals surface area (Å²) in [6.45, 7) is 1.57. The van der Waals surface area contributed by atoms with Crippen LogP contribution < -0.4 is 5.32 Å². The molecule has 1 aliphatic rings. The van der Waals surface area contributed by atoms with Gasteiger partial charge in [-0.2, -0.15) is 0 Å². The highest BCUT2D eigenvalue weighted by Gasteiger charge is 2.29. The fraction of sp³-hybridized carbons (Fsp3) is 0.286. The maximum Gasteiger partial charge on any atom is 0.227 e. The summed E-state index contributed by atoms with van der Waals surface area (Å²) in [4.78, 5) is 32.3. The van der Waals surface area contributed by atoms with E-state index in [0.29, 0.717) is 19.6 Å². The van der Waals surface area contributed by atoms with Crippen molar-refractivity contribution in [3.05, 3.63) is 94.1 Å². The second kappa shape index (κ2) is 10.4. The SMILES string of the molecule is O=C(NCC(c1cccs1)c1c[nH]c2ccccc12)C1CCCN(C(=O)Cc2ccc(F)cc2)C1. The summed E-state index contributed by atoms with van der Waals surface area (Å²) < 4.78 is 13.2. The molecule has 4 aromatic rings. The number of benzene rings is 2. The first-order chi connectivity index (χ1) is 17.1. The summed E-state index contributed by atoms with van der Waals surface area (Å²) in [5.41, 5.74) is 3.03. The summed E-state index contributed by atoms with van der Waals surface area (Å²) in [5, 5.41) is 6.41. The van der Waals surface area contributed by atoms with Crippen molar-refractivity contribution in [2.24, 2.45) is 5.92 Å². The number of carbonyl (C=O) groups excluding carboxylic acids is 2. The van der Waals surface area contributed by atoms with Gasteiger partial charge < -0.3 is 15.2 Å². The van der Waals surface area contributed by atoms with Gasteiger partial charge in [-0.15, -0.1) is 11.3 Å². The van der Waals surface area contributed by atoms with E-state index in [-0.39, 0.29) is 35.9 Å². The Hall–Kier alpha value is -3.45. The standard InChI is InChI=1S/C28H28FN3O2S/c29-21-11-9-19(10-12-21)15-27(33)32-13-3-5-20(18-32)28(34)31-17-24(26-8-4-14-35-26)23-16-30-25-7-2-1-6-22(23)25/h1-2,4,6-12,14,16,20,24,30H,3,5,13,15,17-18H2,(H,31,34).